The number of benzene rings is 1. The molecule has 0 saturated carbocycles. The molecule has 0 amide bonds. The van der Waals surface area contributed by atoms with Gasteiger partial charge in [0.1, 0.15) is 5.69 Å². The Morgan fingerprint density at radius 1 is 1.04 bits per heavy atom. The van der Waals surface area contributed by atoms with Crippen LogP contribution in [-0.2, 0) is 12.7 Å². The molecule has 2 aromatic heterocycles. The summed E-state index contributed by atoms with van der Waals surface area (Å²) in [6.07, 6.45) is -1.74. The molecule has 3 rings (SSSR count). The lowest BCUT2D eigenvalue weighted by molar-refractivity contribution is -0.141. The number of nitrogens with two attached hydrogens (primary N) is 1. The first-order chi connectivity index (χ1) is 12.3. The molecule has 0 saturated heterocycles. The van der Waals surface area contributed by atoms with E-state index in [2.05, 4.69) is 20.3 Å². The van der Waals surface area contributed by atoms with Crippen LogP contribution in [0.5, 0.6) is 0 Å². The summed E-state index contributed by atoms with van der Waals surface area (Å²) in [6, 6.07) is 10.1. The van der Waals surface area contributed by atoms with Crippen molar-refractivity contribution in [3.63, 3.8) is 0 Å². The second kappa shape index (κ2) is 7.09. The van der Waals surface area contributed by atoms with Crippen LogP contribution in [0.15, 0.2) is 48.8 Å². The highest BCUT2D eigenvalue weighted by Crippen LogP contribution is 2.29. The minimum Gasteiger partial charge on any atom is -0.325 e. The van der Waals surface area contributed by atoms with Crippen molar-refractivity contribution in [2.75, 3.05) is 5.32 Å². The zero-order valence-electron chi connectivity index (χ0n) is 13.9. The summed E-state index contributed by atoms with van der Waals surface area (Å²) in [6.45, 7) is 2.25. The number of nitrogens with one attached hydrogen (secondary N) is 1. The topological polar surface area (TPSA) is 76.7 Å². The minimum absolute atomic E-state index is 0.118. The van der Waals surface area contributed by atoms with E-state index in [0.29, 0.717) is 12.2 Å². The first-order valence-corrected chi connectivity index (χ1v) is 7.79. The van der Waals surface area contributed by atoms with Crippen molar-refractivity contribution in [1.29, 1.82) is 0 Å². The molecular formula is C18H16F3N5. The molecule has 8 heteroatoms. The predicted octanol–water partition coefficient (Wildman–Crippen LogP) is 4.07. The molecule has 0 radical (unpaired) electrons. The van der Waals surface area contributed by atoms with Gasteiger partial charge >= 0.3 is 6.18 Å². The first kappa shape index (κ1) is 17.8. The fraction of sp³-hybridized carbons (Fsp3) is 0.167. The molecule has 0 aliphatic rings. The summed E-state index contributed by atoms with van der Waals surface area (Å²) in [5, 5.41) is 2.83. The Morgan fingerprint density at radius 2 is 1.85 bits per heavy atom. The standard InChI is InChI=1S/C18H16F3N5/c1-11-6-13(12-2-3-14(9-22)24-10-12)8-15(7-11)25-17-23-5-4-16(26-17)18(19,20)21/h2-8,10H,9,22H2,1H3,(H,23,25,26). The highest BCUT2D eigenvalue weighted by Gasteiger charge is 2.32. The van der Waals surface area contributed by atoms with E-state index in [0.717, 1.165) is 34.6 Å². The van der Waals surface area contributed by atoms with Crippen LogP contribution in [0, 0.1) is 6.92 Å². The van der Waals surface area contributed by atoms with Crippen LogP contribution in [0.2, 0.25) is 0 Å². The monoisotopic (exact) mass is 359 g/mol. The molecule has 2 heterocycles. The molecule has 0 aliphatic carbocycles. The SMILES string of the molecule is Cc1cc(Nc2nccc(C(F)(F)F)n2)cc(-c2ccc(CN)nc2)c1. The highest BCUT2D eigenvalue weighted by molar-refractivity contribution is 5.70. The van der Waals surface area contributed by atoms with Gasteiger partial charge in [-0.15, -0.1) is 0 Å². The molecule has 0 fully saturated rings. The maximum absolute atomic E-state index is 12.8. The van der Waals surface area contributed by atoms with Gasteiger partial charge in [-0.1, -0.05) is 12.1 Å². The Morgan fingerprint density at radius 3 is 2.50 bits per heavy atom. The van der Waals surface area contributed by atoms with Gasteiger partial charge < -0.3 is 11.1 Å². The van der Waals surface area contributed by atoms with Crippen LogP contribution >= 0.6 is 0 Å². The smallest absolute Gasteiger partial charge is 0.325 e. The van der Waals surface area contributed by atoms with Crippen molar-refractivity contribution in [2.45, 2.75) is 19.6 Å². The molecule has 0 unspecified atom stereocenters. The van der Waals surface area contributed by atoms with Gasteiger partial charge in [0.05, 0.1) is 5.69 Å². The van der Waals surface area contributed by atoms with Gasteiger partial charge in [-0.25, -0.2) is 9.97 Å². The van der Waals surface area contributed by atoms with Crippen LogP contribution < -0.4 is 11.1 Å². The van der Waals surface area contributed by atoms with Gasteiger partial charge in [0.15, 0.2) is 0 Å². The molecule has 0 atom stereocenters. The summed E-state index contributed by atoms with van der Waals surface area (Å²) < 4.78 is 38.4. The van der Waals surface area contributed by atoms with Gasteiger partial charge in [-0.05, 0) is 42.3 Å². The normalized spacial score (nSPS) is 11.4. The van der Waals surface area contributed by atoms with E-state index in [1.165, 1.54) is 0 Å². The number of hydrogen-bond donors (Lipinski definition) is 2. The van der Waals surface area contributed by atoms with Crippen molar-refractivity contribution in [1.82, 2.24) is 15.0 Å². The number of halogens is 3. The maximum atomic E-state index is 12.8. The summed E-state index contributed by atoms with van der Waals surface area (Å²) >= 11 is 0. The van der Waals surface area contributed by atoms with Crippen molar-refractivity contribution in [2.24, 2.45) is 5.73 Å². The Labute approximate surface area is 148 Å². The van der Waals surface area contributed by atoms with Crippen molar-refractivity contribution < 1.29 is 13.2 Å². The number of pyridine rings is 1. The number of hydrogen-bond acceptors (Lipinski definition) is 5. The highest BCUT2D eigenvalue weighted by atomic mass is 19.4. The third-order valence-corrected chi connectivity index (χ3v) is 3.65. The van der Waals surface area contributed by atoms with Crippen LogP contribution in [-0.4, -0.2) is 15.0 Å². The molecule has 5 nitrogen and oxygen atoms in total. The molecule has 0 aliphatic heterocycles. The number of aryl methyl sites for hydroxylation is 1. The number of alkyl halides is 3. The van der Waals surface area contributed by atoms with E-state index in [9.17, 15) is 13.2 Å². The molecule has 3 aromatic rings. The molecular weight excluding hydrogens is 343 g/mol. The largest absolute Gasteiger partial charge is 0.433 e. The molecule has 1 aromatic carbocycles. The van der Waals surface area contributed by atoms with E-state index >= 15 is 0 Å². The quantitative estimate of drug-likeness (QED) is 0.734. The van der Waals surface area contributed by atoms with E-state index in [1.807, 2.05) is 25.1 Å². The van der Waals surface area contributed by atoms with Gasteiger partial charge in [-0.3, -0.25) is 4.98 Å². The van der Waals surface area contributed by atoms with Crippen molar-refractivity contribution in [3.05, 3.63) is 65.7 Å². The second-order valence-corrected chi connectivity index (χ2v) is 5.72. The van der Waals surface area contributed by atoms with Gasteiger partial charge in [0, 0.05) is 30.2 Å². The van der Waals surface area contributed by atoms with Crippen LogP contribution in [0.25, 0.3) is 11.1 Å². The average molecular weight is 359 g/mol. The summed E-state index contributed by atoms with van der Waals surface area (Å²) in [5.74, 6) is -0.118. The Bertz CT molecular complexity index is 907. The Kier molecular flexibility index (Phi) is 4.85. The van der Waals surface area contributed by atoms with E-state index < -0.39 is 11.9 Å². The number of rotatable bonds is 4. The Hall–Kier alpha value is -3.00. The minimum atomic E-state index is -4.52. The van der Waals surface area contributed by atoms with Crippen LogP contribution in [0.4, 0.5) is 24.8 Å². The third-order valence-electron chi connectivity index (χ3n) is 3.65. The summed E-state index contributed by atoms with van der Waals surface area (Å²) in [7, 11) is 0. The zero-order valence-corrected chi connectivity index (χ0v) is 13.9. The lowest BCUT2D eigenvalue weighted by Crippen LogP contribution is -2.10. The molecule has 134 valence electrons. The molecule has 0 spiro atoms. The van der Waals surface area contributed by atoms with E-state index in [4.69, 9.17) is 5.73 Å². The van der Waals surface area contributed by atoms with Gasteiger partial charge in [0.25, 0.3) is 0 Å². The number of aromatic nitrogens is 3. The first-order valence-electron chi connectivity index (χ1n) is 7.79. The van der Waals surface area contributed by atoms with E-state index in [1.54, 1.807) is 18.3 Å². The molecule has 26 heavy (non-hydrogen) atoms. The maximum Gasteiger partial charge on any atom is 0.433 e. The average Bonchev–Trinajstić information content (AvgIpc) is 2.61. The number of nitrogens with zero attached hydrogens (tertiary/aromatic N) is 3. The molecule has 3 N–H and O–H groups in total. The zero-order chi connectivity index (χ0) is 18.7. The lowest BCUT2D eigenvalue weighted by atomic mass is 10.0. The summed E-state index contributed by atoms with van der Waals surface area (Å²) in [5.41, 5.74) is 8.59. The molecule has 0 bridgehead atoms. The summed E-state index contributed by atoms with van der Waals surface area (Å²) in [4.78, 5) is 11.6. The van der Waals surface area contributed by atoms with Gasteiger partial charge in [-0.2, -0.15) is 13.2 Å². The number of anilines is 2. The van der Waals surface area contributed by atoms with Crippen LogP contribution in [0.1, 0.15) is 17.0 Å². The predicted molar refractivity (Wildman–Crippen MR) is 92.6 cm³/mol. The van der Waals surface area contributed by atoms with Crippen molar-refractivity contribution >= 4 is 11.6 Å². The fourth-order valence-electron chi connectivity index (χ4n) is 2.44. The third kappa shape index (κ3) is 4.15. The van der Waals surface area contributed by atoms with Gasteiger partial charge in [0.2, 0.25) is 5.95 Å². The van der Waals surface area contributed by atoms with Crippen molar-refractivity contribution in [3.8, 4) is 11.1 Å². The Balaban J connectivity index is 1.90. The fourth-order valence-corrected chi connectivity index (χ4v) is 2.44. The van der Waals surface area contributed by atoms with E-state index in [-0.39, 0.29) is 5.95 Å². The second-order valence-electron chi connectivity index (χ2n) is 5.72. The van der Waals surface area contributed by atoms with Crippen LogP contribution in [0.3, 0.4) is 0 Å². The lowest BCUT2D eigenvalue weighted by Gasteiger charge is -2.11.